The van der Waals surface area contributed by atoms with Crippen LogP contribution in [-0.2, 0) is 7.05 Å². The number of carbonyl (C=O) groups is 1. The Morgan fingerprint density at radius 3 is 2.58 bits per heavy atom. The molecule has 19 heavy (non-hydrogen) atoms. The van der Waals surface area contributed by atoms with Gasteiger partial charge in [-0.3, -0.25) is 9.48 Å². The number of carbonyl (C=O) groups excluding carboxylic acids is 1. The summed E-state index contributed by atoms with van der Waals surface area (Å²) in [5.74, 6) is -0.115. The Hall–Kier alpha value is -2.30. The van der Waals surface area contributed by atoms with Crippen molar-refractivity contribution in [3.63, 3.8) is 0 Å². The quantitative estimate of drug-likeness (QED) is 0.888. The van der Waals surface area contributed by atoms with E-state index < -0.39 is 0 Å². The van der Waals surface area contributed by atoms with Crippen molar-refractivity contribution in [2.75, 3.05) is 17.7 Å². The Labute approximate surface area is 112 Å². The molecule has 100 valence electrons. The van der Waals surface area contributed by atoms with Crippen LogP contribution in [0.5, 0.6) is 0 Å². The third-order valence-electron chi connectivity index (χ3n) is 3.02. The first-order chi connectivity index (χ1) is 9.01. The largest absolute Gasteiger partial charge is 0.388 e. The molecule has 0 fully saturated rings. The lowest BCUT2D eigenvalue weighted by Crippen LogP contribution is -2.13. The van der Waals surface area contributed by atoms with E-state index in [9.17, 15) is 4.79 Å². The summed E-state index contributed by atoms with van der Waals surface area (Å²) in [6, 6.07) is 5.66. The lowest BCUT2D eigenvalue weighted by molar-refractivity contribution is 0.102. The number of rotatable bonds is 3. The normalized spacial score (nSPS) is 10.3. The molecule has 1 aromatic heterocycles. The topological polar surface area (TPSA) is 59.0 Å². The molecule has 0 atom stereocenters. The van der Waals surface area contributed by atoms with Gasteiger partial charge in [-0.05, 0) is 37.6 Å². The number of aryl methyl sites for hydroxylation is 3. The van der Waals surface area contributed by atoms with E-state index >= 15 is 0 Å². The molecule has 1 heterocycles. The van der Waals surface area contributed by atoms with Gasteiger partial charge in [0.05, 0.1) is 11.4 Å². The predicted molar refractivity (Wildman–Crippen MR) is 76.6 cm³/mol. The molecular formula is C14H18N4O. The lowest BCUT2D eigenvalue weighted by Gasteiger charge is -2.08. The second-order valence-electron chi connectivity index (χ2n) is 4.54. The van der Waals surface area contributed by atoms with E-state index in [1.54, 1.807) is 10.9 Å². The molecule has 2 aromatic rings. The van der Waals surface area contributed by atoms with Gasteiger partial charge >= 0.3 is 0 Å². The van der Waals surface area contributed by atoms with E-state index in [-0.39, 0.29) is 5.91 Å². The van der Waals surface area contributed by atoms with Crippen LogP contribution in [0.4, 0.5) is 11.4 Å². The van der Waals surface area contributed by atoms with Gasteiger partial charge < -0.3 is 10.6 Å². The maximum absolute atomic E-state index is 12.2. The average Bonchev–Trinajstić information content (AvgIpc) is 2.67. The molecule has 5 heteroatoms. The molecule has 0 radical (unpaired) electrons. The Bertz CT molecular complexity index is 616. The van der Waals surface area contributed by atoms with Gasteiger partial charge in [0, 0.05) is 31.5 Å². The molecule has 0 saturated carbocycles. The summed E-state index contributed by atoms with van der Waals surface area (Å²) in [5.41, 5.74) is 4.14. The fraction of sp³-hybridized carbons (Fsp3) is 0.286. The number of amides is 1. The molecule has 0 spiro atoms. The van der Waals surface area contributed by atoms with Crippen molar-refractivity contribution < 1.29 is 4.79 Å². The molecule has 0 saturated heterocycles. The molecular weight excluding hydrogens is 240 g/mol. The minimum atomic E-state index is -0.115. The highest BCUT2D eigenvalue weighted by molar-refractivity contribution is 6.05. The molecule has 1 amide bonds. The van der Waals surface area contributed by atoms with Crippen molar-refractivity contribution in [3.8, 4) is 0 Å². The average molecular weight is 258 g/mol. The van der Waals surface area contributed by atoms with Gasteiger partial charge in [-0.15, -0.1) is 0 Å². The van der Waals surface area contributed by atoms with E-state index in [1.807, 2.05) is 46.1 Å². The summed E-state index contributed by atoms with van der Waals surface area (Å²) in [6.07, 6.45) is 1.80. The van der Waals surface area contributed by atoms with Gasteiger partial charge in [0.2, 0.25) is 0 Å². The number of hydrogen-bond acceptors (Lipinski definition) is 3. The minimum Gasteiger partial charge on any atom is -0.388 e. The summed E-state index contributed by atoms with van der Waals surface area (Å²) in [7, 11) is 3.68. The molecule has 5 nitrogen and oxygen atoms in total. The van der Waals surface area contributed by atoms with Crippen LogP contribution in [0.1, 0.15) is 21.6 Å². The summed E-state index contributed by atoms with van der Waals surface area (Å²) < 4.78 is 1.68. The van der Waals surface area contributed by atoms with Gasteiger partial charge in [0.25, 0.3) is 5.91 Å². The van der Waals surface area contributed by atoms with Gasteiger partial charge in [0.1, 0.15) is 0 Å². The summed E-state index contributed by atoms with van der Waals surface area (Å²) in [6.45, 7) is 3.79. The molecule has 0 unspecified atom stereocenters. The van der Waals surface area contributed by atoms with Crippen molar-refractivity contribution in [1.29, 1.82) is 0 Å². The number of benzene rings is 1. The number of aromatic nitrogens is 2. The second-order valence-corrected chi connectivity index (χ2v) is 4.54. The summed E-state index contributed by atoms with van der Waals surface area (Å²) >= 11 is 0. The molecule has 2 N–H and O–H groups in total. The first-order valence-corrected chi connectivity index (χ1v) is 6.11. The smallest absolute Gasteiger partial charge is 0.256 e. The van der Waals surface area contributed by atoms with Gasteiger partial charge in [-0.1, -0.05) is 0 Å². The van der Waals surface area contributed by atoms with Crippen molar-refractivity contribution in [1.82, 2.24) is 9.78 Å². The highest BCUT2D eigenvalue weighted by atomic mass is 16.1. The first kappa shape index (κ1) is 13.1. The molecule has 0 aliphatic rings. The van der Waals surface area contributed by atoms with E-state index in [1.165, 1.54) is 0 Å². The maximum Gasteiger partial charge on any atom is 0.256 e. The van der Waals surface area contributed by atoms with Gasteiger partial charge in [-0.25, -0.2) is 0 Å². The van der Waals surface area contributed by atoms with Crippen LogP contribution in [0.25, 0.3) is 0 Å². The van der Waals surface area contributed by atoms with Crippen LogP contribution in [0, 0.1) is 13.8 Å². The third-order valence-corrected chi connectivity index (χ3v) is 3.02. The zero-order chi connectivity index (χ0) is 14.0. The number of anilines is 2. The van der Waals surface area contributed by atoms with E-state index in [0.29, 0.717) is 5.56 Å². The zero-order valence-corrected chi connectivity index (χ0v) is 11.6. The lowest BCUT2D eigenvalue weighted by atomic mass is 10.1. The molecule has 0 bridgehead atoms. The molecule has 1 aromatic carbocycles. The molecule has 2 rings (SSSR count). The van der Waals surface area contributed by atoms with Crippen molar-refractivity contribution in [2.45, 2.75) is 13.8 Å². The SMILES string of the molecule is CNc1ccc(C(=O)Nc2cn(C)nc2C)c(C)c1. The predicted octanol–water partition coefficient (Wildman–Crippen LogP) is 2.33. The number of nitrogens with one attached hydrogen (secondary N) is 2. The van der Waals surface area contributed by atoms with Crippen LogP contribution in [0.3, 0.4) is 0 Å². The fourth-order valence-corrected chi connectivity index (χ4v) is 1.99. The van der Waals surface area contributed by atoms with Crippen molar-refractivity contribution in [2.24, 2.45) is 7.05 Å². The number of nitrogens with zero attached hydrogens (tertiary/aromatic N) is 2. The van der Waals surface area contributed by atoms with E-state index in [0.717, 1.165) is 22.6 Å². The maximum atomic E-state index is 12.2. The van der Waals surface area contributed by atoms with Crippen LogP contribution < -0.4 is 10.6 Å². The minimum absolute atomic E-state index is 0.115. The van der Waals surface area contributed by atoms with E-state index in [2.05, 4.69) is 15.7 Å². The highest BCUT2D eigenvalue weighted by Crippen LogP contribution is 2.18. The fourth-order valence-electron chi connectivity index (χ4n) is 1.99. The van der Waals surface area contributed by atoms with Crippen LogP contribution >= 0.6 is 0 Å². The zero-order valence-electron chi connectivity index (χ0n) is 11.6. The third kappa shape index (κ3) is 2.76. The highest BCUT2D eigenvalue weighted by Gasteiger charge is 2.12. The monoisotopic (exact) mass is 258 g/mol. The van der Waals surface area contributed by atoms with E-state index in [4.69, 9.17) is 0 Å². The van der Waals surface area contributed by atoms with Gasteiger partial charge in [0.15, 0.2) is 0 Å². The van der Waals surface area contributed by atoms with Crippen molar-refractivity contribution >= 4 is 17.3 Å². The second kappa shape index (κ2) is 5.14. The van der Waals surface area contributed by atoms with Gasteiger partial charge in [-0.2, -0.15) is 5.10 Å². The first-order valence-electron chi connectivity index (χ1n) is 6.11. The standard InChI is InChI=1S/C14H18N4O/c1-9-7-11(15-3)5-6-12(9)14(19)16-13-8-18(4)17-10(13)2/h5-8,15H,1-4H3,(H,16,19). The Morgan fingerprint density at radius 2 is 2.05 bits per heavy atom. The van der Waals surface area contributed by atoms with Crippen molar-refractivity contribution in [3.05, 3.63) is 41.2 Å². The van der Waals surface area contributed by atoms with Crippen LogP contribution in [0.15, 0.2) is 24.4 Å². The Morgan fingerprint density at radius 1 is 1.32 bits per heavy atom. The Kier molecular flexibility index (Phi) is 3.55. The molecule has 0 aliphatic carbocycles. The van der Waals surface area contributed by atoms with Crippen LogP contribution in [-0.4, -0.2) is 22.7 Å². The number of hydrogen-bond donors (Lipinski definition) is 2. The Balaban J connectivity index is 2.23. The molecule has 0 aliphatic heterocycles. The summed E-state index contributed by atoms with van der Waals surface area (Å²) in [5, 5.41) is 10.1. The van der Waals surface area contributed by atoms with Crippen LogP contribution in [0.2, 0.25) is 0 Å². The summed E-state index contributed by atoms with van der Waals surface area (Å²) in [4.78, 5) is 12.2.